The van der Waals surface area contributed by atoms with E-state index in [9.17, 15) is 0 Å². The number of hydrogen-bond donors (Lipinski definition) is 1. The van der Waals surface area contributed by atoms with Crippen LogP contribution < -0.4 is 5.32 Å². The van der Waals surface area contributed by atoms with Gasteiger partial charge in [0.15, 0.2) is 0 Å². The van der Waals surface area contributed by atoms with E-state index in [1.807, 2.05) is 7.11 Å². The molecule has 2 saturated carbocycles. The Labute approximate surface area is 112 Å². The molecule has 2 aliphatic rings. The van der Waals surface area contributed by atoms with Crippen molar-refractivity contribution in [2.45, 2.75) is 77.2 Å². The Balaban J connectivity index is 1.75. The number of hydrogen-bond acceptors (Lipinski definition) is 3. The molecule has 1 N–H and O–H groups in total. The molecule has 0 aromatic carbocycles. The van der Waals surface area contributed by atoms with E-state index in [2.05, 4.69) is 26.1 Å². The second-order valence-corrected chi connectivity index (χ2v) is 6.43. The monoisotopic (exact) mass is 255 g/mol. The Hall–Kier alpha value is -0.120. The lowest BCUT2D eigenvalue weighted by Gasteiger charge is -2.53. The first-order valence-electron chi connectivity index (χ1n) is 7.48. The maximum atomic E-state index is 5.79. The summed E-state index contributed by atoms with van der Waals surface area (Å²) >= 11 is 0. The van der Waals surface area contributed by atoms with Crippen LogP contribution in [0.1, 0.15) is 52.9 Å². The highest BCUT2D eigenvalue weighted by Crippen LogP contribution is 2.43. The summed E-state index contributed by atoms with van der Waals surface area (Å²) in [6.07, 6.45) is 7.02. The molecule has 2 atom stereocenters. The highest BCUT2D eigenvalue weighted by molar-refractivity contribution is 5.04. The van der Waals surface area contributed by atoms with Crippen molar-refractivity contribution in [3.05, 3.63) is 0 Å². The van der Waals surface area contributed by atoms with Crippen LogP contribution in [0.5, 0.6) is 0 Å². The van der Waals surface area contributed by atoms with E-state index >= 15 is 0 Å². The molecule has 3 nitrogen and oxygen atoms in total. The molecule has 2 fully saturated rings. The van der Waals surface area contributed by atoms with E-state index in [1.165, 1.54) is 32.1 Å². The summed E-state index contributed by atoms with van der Waals surface area (Å²) in [5.41, 5.74) is 0.286. The average molecular weight is 255 g/mol. The third kappa shape index (κ3) is 2.89. The SMILES string of the molecule is CCOC1CC(NC2CCC(OC)CC2)C1(C)C. The summed E-state index contributed by atoms with van der Waals surface area (Å²) in [6, 6.07) is 1.31. The van der Waals surface area contributed by atoms with E-state index in [1.54, 1.807) is 0 Å². The quantitative estimate of drug-likeness (QED) is 0.819. The third-order valence-corrected chi connectivity index (χ3v) is 4.99. The normalized spacial score (nSPS) is 39.3. The molecular formula is C15H29NO2. The van der Waals surface area contributed by atoms with Gasteiger partial charge in [0.25, 0.3) is 0 Å². The molecule has 18 heavy (non-hydrogen) atoms. The fraction of sp³-hybridized carbons (Fsp3) is 1.00. The summed E-state index contributed by atoms with van der Waals surface area (Å²) in [5, 5.41) is 3.84. The zero-order valence-corrected chi connectivity index (χ0v) is 12.4. The van der Waals surface area contributed by atoms with Gasteiger partial charge < -0.3 is 14.8 Å². The van der Waals surface area contributed by atoms with Crippen molar-refractivity contribution < 1.29 is 9.47 Å². The third-order valence-electron chi connectivity index (χ3n) is 4.99. The Morgan fingerprint density at radius 3 is 2.33 bits per heavy atom. The van der Waals surface area contributed by atoms with Crippen LogP contribution in [0.25, 0.3) is 0 Å². The number of rotatable bonds is 5. The maximum absolute atomic E-state index is 5.79. The molecule has 0 aromatic heterocycles. The molecule has 0 aromatic rings. The summed E-state index contributed by atoms with van der Waals surface area (Å²) in [4.78, 5) is 0. The van der Waals surface area contributed by atoms with Crippen LogP contribution >= 0.6 is 0 Å². The Morgan fingerprint density at radius 2 is 1.83 bits per heavy atom. The molecule has 0 spiro atoms. The van der Waals surface area contributed by atoms with Gasteiger partial charge in [-0.05, 0) is 39.0 Å². The largest absolute Gasteiger partial charge is 0.381 e. The van der Waals surface area contributed by atoms with Gasteiger partial charge in [0.1, 0.15) is 0 Å². The van der Waals surface area contributed by atoms with Crippen molar-refractivity contribution in [1.82, 2.24) is 5.32 Å². The first kappa shape index (κ1) is 14.3. The molecule has 2 unspecified atom stereocenters. The first-order chi connectivity index (χ1) is 8.57. The van der Waals surface area contributed by atoms with Crippen LogP contribution in [0.2, 0.25) is 0 Å². The number of ether oxygens (including phenoxy) is 2. The average Bonchev–Trinajstić information content (AvgIpc) is 2.38. The number of nitrogens with one attached hydrogen (secondary N) is 1. The molecule has 0 saturated heterocycles. The maximum Gasteiger partial charge on any atom is 0.0655 e. The predicted molar refractivity (Wildman–Crippen MR) is 73.8 cm³/mol. The molecule has 0 aliphatic heterocycles. The predicted octanol–water partition coefficient (Wildman–Crippen LogP) is 2.74. The van der Waals surface area contributed by atoms with E-state index < -0.39 is 0 Å². The topological polar surface area (TPSA) is 30.5 Å². The molecule has 0 amide bonds. The lowest BCUT2D eigenvalue weighted by atomic mass is 9.64. The van der Waals surface area contributed by atoms with Crippen LogP contribution in [-0.4, -0.2) is 38.0 Å². The standard InChI is InChI=1S/C15H29NO2/c1-5-18-14-10-13(15(14,2)3)16-11-6-8-12(17-4)9-7-11/h11-14,16H,5-10H2,1-4H3. The molecular weight excluding hydrogens is 226 g/mol. The van der Waals surface area contributed by atoms with Crippen molar-refractivity contribution in [3.63, 3.8) is 0 Å². The molecule has 0 heterocycles. The summed E-state index contributed by atoms with van der Waals surface area (Å²) in [5.74, 6) is 0. The van der Waals surface area contributed by atoms with Gasteiger partial charge in [-0.15, -0.1) is 0 Å². The lowest BCUT2D eigenvalue weighted by molar-refractivity contribution is -0.117. The van der Waals surface area contributed by atoms with Gasteiger partial charge in [-0.2, -0.15) is 0 Å². The van der Waals surface area contributed by atoms with Crippen LogP contribution in [-0.2, 0) is 9.47 Å². The summed E-state index contributed by atoms with van der Waals surface area (Å²) < 4.78 is 11.2. The van der Waals surface area contributed by atoms with Crippen LogP contribution in [0.15, 0.2) is 0 Å². The van der Waals surface area contributed by atoms with Crippen LogP contribution in [0.3, 0.4) is 0 Å². The lowest BCUT2D eigenvalue weighted by Crippen LogP contribution is -2.63. The molecule has 106 valence electrons. The van der Waals surface area contributed by atoms with E-state index in [0.717, 1.165) is 6.61 Å². The van der Waals surface area contributed by atoms with Gasteiger partial charge >= 0.3 is 0 Å². The smallest absolute Gasteiger partial charge is 0.0655 e. The van der Waals surface area contributed by atoms with Crippen molar-refractivity contribution in [3.8, 4) is 0 Å². The van der Waals surface area contributed by atoms with Crippen molar-refractivity contribution in [2.24, 2.45) is 5.41 Å². The molecule has 0 bridgehead atoms. The second-order valence-electron chi connectivity index (χ2n) is 6.43. The van der Waals surface area contributed by atoms with Gasteiger partial charge in [0, 0.05) is 31.2 Å². The fourth-order valence-electron chi connectivity index (χ4n) is 3.40. The minimum Gasteiger partial charge on any atom is -0.381 e. The van der Waals surface area contributed by atoms with Gasteiger partial charge in [-0.1, -0.05) is 13.8 Å². The zero-order valence-electron chi connectivity index (χ0n) is 12.4. The van der Waals surface area contributed by atoms with Gasteiger partial charge in [-0.25, -0.2) is 0 Å². The molecule has 0 radical (unpaired) electrons. The Kier molecular flexibility index (Phi) is 4.68. The second kappa shape index (κ2) is 5.89. The van der Waals surface area contributed by atoms with Crippen molar-refractivity contribution >= 4 is 0 Å². The minimum atomic E-state index is 0.286. The highest BCUT2D eigenvalue weighted by atomic mass is 16.5. The molecule has 2 rings (SSSR count). The highest BCUT2D eigenvalue weighted by Gasteiger charge is 2.49. The van der Waals surface area contributed by atoms with E-state index in [-0.39, 0.29) is 5.41 Å². The van der Waals surface area contributed by atoms with Gasteiger partial charge in [-0.3, -0.25) is 0 Å². The number of methoxy groups -OCH3 is 1. The van der Waals surface area contributed by atoms with Crippen LogP contribution in [0.4, 0.5) is 0 Å². The van der Waals surface area contributed by atoms with Crippen molar-refractivity contribution in [2.75, 3.05) is 13.7 Å². The van der Waals surface area contributed by atoms with Gasteiger partial charge in [0.2, 0.25) is 0 Å². The van der Waals surface area contributed by atoms with Crippen LogP contribution in [0, 0.1) is 5.41 Å². The zero-order chi connectivity index (χ0) is 13.2. The molecule has 3 heteroatoms. The van der Waals surface area contributed by atoms with Gasteiger partial charge in [0.05, 0.1) is 12.2 Å². The Morgan fingerprint density at radius 1 is 1.17 bits per heavy atom. The van der Waals surface area contributed by atoms with Crippen molar-refractivity contribution in [1.29, 1.82) is 0 Å². The molecule has 2 aliphatic carbocycles. The summed E-state index contributed by atoms with van der Waals surface area (Å²) in [6.45, 7) is 7.58. The summed E-state index contributed by atoms with van der Waals surface area (Å²) in [7, 11) is 1.83. The Bertz CT molecular complexity index is 259. The fourth-order valence-corrected chi connectivity index (χ4v) is 3.40. The van der Waals surface area contributed by atoms with E-state index in [0.29, 0.717) is 24.3 Å². The van der Waals surface area contributed by atoms with E-state index in [4.69, 9.17) is 9.47 Å². The minimum absolute atomic E-state index is 0.286. The first-order valence-corrected chi connectivity index (χ1v) is 7.48.